The second kappa shape index (κ2) is 9.49. The molecule has 0 radical (unpaired) electrons. The highest BCUT2D eigenvalue weighted by Crippen LogP contribution is 2.29. The number of nitrogens with zero attached hydrogens (tertiary/aromatic N) is 2. The Balaban J connectivity index is 1.66. The molecule has 1 amide bonds. The van der Waals surface area contributed by atoms with Crippen molar-refractivity contribution in [2.24, 2.45) is 11.8 Å². The maximum Gasteiger partial charge on any atom is 0.223 e. The number of terminal acetylenes is 1. The van der Waals surface area contributed by atoms with E-state index in [-0.39, 0.29) is 11.3 Å². The van der Waals surface area contributed by atoms with Crippen molar-refractivity contribution in [1.82, 2.24) is 15.4 Å². The molecule has 1 fully saturated rings. The minimum atomic E-state index is 0.115. The molecule has 1 saturated heterocycles. The van der Waals surface area contributed by atoms with Crippen LogP contribution in [0.2, 0.25) is 0 Å². The van der Waals surface area contributed by atoms with E-state index >= 15 is 0 Å². The number of piperidine rings is 1. The zero-order valence-corrected chi connectivity index (χ0v) is 18.6. The van der Waals surface area contributed by atoms with Gasteiger partial charge in [0.1, 0.15) is 0 Å². The van der Waals surface area contributed by atoms with Gasteiger partial charge < -0.3 is 14.7 Å². The molecule has 2 heterocycles. The number of carbonyl (C=O) groups excluding carboxylic acids is 1. The first-order chi connectivity index (χ1) is 14.3. The Bertz CT molecular complexity index is 886. The van der Waals surface area contributed by atoms with Crippen LogP contribution < -0.4 is 5.32 Å². The largest absolute Gasteiger partial charge is 0.356 e. The molecule has 0 saturated carbocycles. The Hall–Kier alpha value is -2.58. The molecule has 2 atom stereocenters. The van der Waals surface area contributed by atoms with Gasteiger partial charge >= 0.3 is 0 Å². The quantitative estimate of drug-likeness (QED) is 0.738. The van der Waals surface area contributed by atoms with Crippen LogP contribution in [0.15, 0.2) is 34.9 Å². The smallest absolute Gasteiger partial charge is 0.223 e. The Kier molecular flexibility index (Phi) is 6.99. The van der Waals surface area contributed by atoms with E-state index in [0.717, 1.165) is 42.9 Å². The number of aromatic nitrogens is 1. The molecule has 5 nitrogen and oxygen atoms in total. The van der Waals surface area contributed by atoms with Crippen LogP contribution in [-0.4, -0.2) is 42.6 Å². The molecule has 30 heavy (non-hydrogen) atoms. The van der Waals surface area contributed by atoms with E-state index in [1.807, 2.05) is 6.07 Å². The fraction of sp³-hybridized carbons (Fsp3) is 0.520. The molecule has 0 spiro atoms. The van der Waals surface area contributed by atoms with Crippen LogP contribution in [0.1, 0.15) is 44.9 Å². The molecule has 0 bridgehead atoms. The van der Waals surface area contributed by atoms with Gasteiger partial charge in [-0.15, -0.1) is 6.42 Å². The van der Waals surface area contributed by atoms with Gasteiger partial charge in [0.15, 0.2) is 5.76 Å². The van der Waals surface area contributed by atoms with Crippen molar-refractivity contribution < 1.29 is 9.32 Å². The lowest BCUT2D eigenvalue weighted by Gasteiger charge is -2.32. The fourth-order valence-electron chi connectivity index (χ4n) is 4.04. The highest BCUT2D eigenvalue weighted by atomic mass is 16.5. The monoisotopic (exact) mass is 407 g/mol. The summed E-state index contributed by atoms with van der Waals surface area (Å²) < 4.78 is 5.64. The Morgan fingerprint density at radius 2 is 2.03 bits per heavy atom. The van der Waals surface area contributed by atoms with Gasteiger partial charge in [0.05, 0.1) is 12.2 Å². The molecule has 2 aromatic rings. The Labute approximate surface area is 180 Å². The van der Waals surface area contributed by atoms with Gasteiger partial charge in [-0.1, -0.05) is 56.1 Å². The molecular weight excluding hydrogens is 374 g/mol. The predicted octanol–water partition coefficient (Wildman–Crippen LogP) is 3.89. The molecule has 5 heteroatoms. The van der Waals surface area contributed by atoms with Crippen LogP contribution in [0.3, 0.4) is 0 Å². The van der Waals surface area contributed by atoms with E-state index in [2.05, 4.69) is 61.4 Å². The maximum atomic E-state index is 12.5. The van der Waals surface area contributed by atoms with Gasteiger partial charge in [0.25, 0.3) is 0 Å². The topological polar surface area (TPSA) is 58.4 Å². The molecule has 1 N–H and O–H groups in total. The van der Waals surface area contributed by atoms with Gasteiger partial charge in [0.2, 0.25) is 5.91 Å². The van der Waals surface area contributed by atoms with E-state index in [4.69, 9.17) is 10.9 Å². The maximum absolute atomic E-state index is 12.5. The summed E-state index contributed by atoms with van der Waals surface area (Å²) in [6, 6.07) is 10.5. The average molecular weight is 408 g/mol. The van der Waals surface area contributed by atoms with E-state index in [1.165, 1.54) is 5.56 Å². The summed E-state index contributed by atoms with van der Waals surface area (Å²) in [7, 11) is 1.77. The van der Waals surface area contributed by atoms with Crippen LogP contribution in [0.5, 0.6) is 0 Å². The lowest BCUT2D eigenvalue weighted by molar-refractivity contribution is -0.131. The normalized spacial score (nSPS) is 19.3. The summed E-state index contributed by atoms with van der Waals surface area (Å²) in [6.45, 7) is 8.81. The highest BCUT2D eigenvalue weighted by Gasteiger charge is 2.29. The van der Waals surface area contributed by atoms with Crippen LogP contribution >= 0.6 is 0 Å². The van der Waals surface area contributed by atoms with E-state index in [9.17, 15) is 4.79 Å². The molecule has 1 aliphatic rings. The molecule has 1 aliphatic heterocycles. The second-order valence-electron chi connectivity index (χ2n) is 9.38. The lowest BCUT2D eigenvalue weighted by Crippen LogP contribution is -2.40. The fourth-order valence-corrected chi connectivity index (χ4v) is 4.04. The molecule has 1 aromatic carbocycles. The zero-order chi connectivity index (χ0) is 21.7. The minimum Gasteiger partial charge on any atom is -0.356 e. The standard InChI is InChI=1S/C25H33N3O2/c1-6-13-28(5)24(29)15-19-11-12-26-17-20(19)14-22-16-23(30-27-22)18-7-9-21(10-8-18)25(2,3)4/h1,7-10,16,19-20,26H,11-15,17H2,2-5H3. The number of hydrogen-bond acceptors (Lipinski definition) is 4. The van der Waals surface area contributed by atoms with Crippen molar-refractivity contribution >= 4 is 5.91 Å². The first-order valence-electron chi connectivity index (χ1n) is 10.7. The number of amides is 1. The van der Waals surface area contributed by atoms with Crippen LogP contribution in [0, 0.1) is 24.2 Å². The third-order valence-corrected chi connectivity index (χ3v) is 6.02. The number of rotatable bonds is 6. The number of hydrogen-bond donors (Lipinski definition) is 1. The summed E-state index contributed by atoms with van der Waals surface area (Å²) in [6.07, 6.45) is 7.65. The predicted molar refractivity (Wildman–Crippen MR) is 120 cm³/mol. The van der Waals surface area contributed by atoms with Crippen molar-refractivity contribution in [3.05, 3.63) is 41.6 Å². The highest BCUT2D eigenvalue weighted by molar-refractivity contribution is 5.76. The van der Waals surface area contributed by atoms with E-state index in [1.54, 1.807) is 11.9 Å². The Morgan fingerprint density at radius 1 is 1.30 bits per heavy atom. The number of benzene rings is 1. The van der Waals surface area contributed by atoms with Crippen LogP contribution in [0.4, 0.5) is 0 Å². The number of nitrogens with one attached hydrogen (secondary N) is 1. The van der Waals surface area contributed by atoms with Crippen molar-refractivity contribution in [2.45, 2.75) is 45.4 Å². The molecule has 3 rings (SSSR count). The SMILES string of the molecule is C#CCN(C)C(=O)CC1CCNCC1Cc1cc(-c2ccc(C(C)(C)C)cc2)on1. The van der Waals surface area contributed by atoms with Crippen molar-refractivity contribution in [3.8, 4) is 23.7 Å². The Morgan fingerprint density at radius 3 is 2.70 bits per heavy atom. The van der Waals surface area contributed by atoms with Gasteiger partial charge in [-0.2, -0.15) is 0 Å². The summed E-state index contributed by atoms with van der Waals surface area (Å²) in [5.74, 6) is 4.11. The molecule has 160 valence electrons. The zero-order valence-electron chi connectivity index (χ0n) is 18.6. The first-order valence-corrected chi connectivity index (χ1v) is 10.7. The second-order valence-corrected chi connectivity index (χ2v) is 9.38. The van der Waals surface area contributed by atoms with Crippen LogP contribution in [-0.2, 0) is 16.6 Å². The summed E-state index contributed by atoms with van der Waals surface area (Å²) in [4.78, 5) is 14.1. The van der Waals surface area contributed by atoms with Crippen LogP contribution in [0.25, 0.3) is 11.3 Å². The molecular formula is C25H33N3O2. The van der Waals surface area contributed by atoms with E-state index in [0.29, 0.717) is 24.8 Å². The van der Waals surface area contributed by atoms with Crippen molar-refractivity contribution in [2.75, 3.05) is 26.7 Å². The summed E-state index contributed by atoms with van der Waals surface area (Å²) in [5, 5.41) is 7.77. The van der Waals surface area contributed by atoms with Crippen molar-refractivity contribution in [3.63, 3.8) is 0 Å². The summed E-state index contributed by atoms with van der Waals surface area (Å²) in [5.41, 5.74) is 3.39. The summed E-state index contributed by atoms with van der Waals surface area (Å²) >= 11 is 0. The third-order valence-electron chi connectivity index (χ3n) is 6.02. The first kappa shape index (κ1) is 22.1. The molecule has 0 aliphatic carbocycles. The molecule has 1 aromatic heterocycles. The van der Waals surface area contributed by atoms with Gasteiger partial charge in [-0.25, -0.2) is 0 Å². The minimum absolute atomic E-state index is 0.115. The molecule has 2 unspecified atom stereocenters. The average Bonchev–Trinajstić information content (AvgIpc) is 3.17. The van der Waals surface area contributed by atoms with Gasteiger partial charge in [-0.05, 0) is 48.7 Å². The van der Waals surface area contributed by atoms with Gasteiger partial charge in [-0.3, -0.25) is 4.79 Å². The number of carbonyl (C=O) groups is 1. The van der Waals surface area contributed by atoms with E-state index < -0.39 is 0 Å². The van der Waals surface area contributed by atoms with Crippen molar-refractivity contribution in [1.29, 1.82) is 0 Å². The van der Waals surface area contributed by atoms with Gasteiger partial charge in [0, 0.05) is 25.1 Å². The lowest BCUT2D eigenvalue weighted by atomic mass is 9.81. The third kappa shape index (κ3) is 5.52.